The number of nitrogens with zero attached hydrogens (tertiary/aromatic N) is 2. The van der Waals surface area contributed by atoms with Crippen molar-refractivity contribution in [2.24, 2.45) is 0 Å². The van der Waals surface area contributed by atoms with Crippen molar-refractivity contribution in [3.8, 4) is 0 Å². The number of likely N-dealkylation sites (tertiary alicyclic amines) is 1. The van der Waals surface area contributed by atoms with Gasteiger partial charge in [-0.2, -0.15) is 0 Å². The van der Waals surface area contributed by atoms with Crippen molar-refractivity contribution >= 4 is 11.8 Å². The fraction of sp³-hybridized carbons (Fsp3) is 0.350. The van der Waals surface area contributed by atoms with Gasteiger partial charge in [-0.25, -0.2) is 0 Å². The first-order chi connectivity index (χ1) is 12.2. The van der Waals surface area contributed by atoms with E-state index in [0.29, 0.717) is 13.0 Å². The lowest BCUT2D eigenvalue weighted by Gasteiger charge is -2.34. The summed E-state index contributed by atoms with van der Waals surface area (Å²) in [7, 11) is 0. The second kappa shape index (κ2) is 7.92. The van der Waals surface area contributed by atoms with Crippen LogP contribution in [-0.4, -0.2) is 28.2 Å². The first-order valence-electron chi connectivity index (χ1n) is 8.71. The van der Waals surface area contributed by atoms with Gasteiger partial charge in [0.15, 0.2) is 0 Å². The number of rotatable bonds is 5. The van der Waals surface area contributed by atoms with Gasteiger partial charge in [0.05, 0.1) is 6.04 Å². The maximum atomic E-state index is 13.1. The molecule has 3 rings (SSSR count). The fourth-order valence-electron chi connectivity index (χ4n) is 3.24. The van der Waals surface area contributed by atoms with E-state index in [1.54, 1.807) is 17.3 Å². The van der Waals surface area contributed by atoms with Gasteiger partial charge in [-0.05, 0) is 43.0 Å². The highest BCUT2D eigenvalue weighted by molar-refractivity contribution is 5.89. The molecule has 25 heavy (non-hydrogen) atoms. The van der Waals surface area contributed by atoms with E-state index in [2.05, 4.69) is 10.3 Å². The molecule has 2 amide bonds. The average molecular weight is 337 g/mol. The van der Waals surface area contributed by atoms with Crippen LogP contribution >= 0.6 is 0 Å². The molecule has 5 heteroatoms. The third-order valence-corrected chi connectivity index (χ3v) is 4.60. The minimum atomic E-state index is -0.585. The Hall–Kier alpha value is -2.69. The summed E-state index contributed by atoms with van der Waals surface area (Å²) in [5.41, 5.74) is 1.83. The summed E-state index contributed by atoms with van der Waals surface area (Å²) in [5.74, 6) is -0.0995. The highest BCUT2D eigenvalue weighted by atomic mass is 16.2. The maximum absolute atomic E-state index is 13.1. The topological polar surface area (TPSA) is 62.3 Å². The third-order valence-electron chi connectivity index (χ3n) is 4.60. The Balaban J connectivity index is 1.83. The number of nitrogens with one attached hydrogen (secondary N) is 1. The van der Waals surface area contributed by atoms with Crippen molar-refractivity contribution < 1.29 is 9.59 Å². The molecule has 1 saturated heterocycles. The number of hydrogen-bond donors (Lipinski definition) is 1. The molecule has 2 atom stereocenters. The largest absolute Gasteiger partial charge is 0.347 e. The van der Waals surface area contributed by atoms with Gasteiger partial charge in [-0.3, -0.25) is 14.6 Å². The lowest BCUT2D eigenvalue weighted by molar-refractivity contribution is -0.143. The second-order valence-corrected chi connectivity index (χ2v) is 6.37. The molecule has 0 bridgehead atoms. The fourth-order valence-corrected chi connectivity index (χ4v) is 3.24. The zero-order chi connectivity index (χ0) is 17.6. The van der Waals surface area contributed by atoms with Gasteiger partial charge in [-0.1, -0.05) is 30.3 Å². The van der Waals surface area contributed by atoms with Crippen molar-refractivity contribution in [3.63, 3.8) is 0 Å². The lowest BCUT2D eigenvalue weighted by atomic mass is 9.99. The summed E-state index contributed by atoms with van der Waals surface area (Å²) in [6.07, 6.45) is 5.76. The van der Waals surface area contributed by atoms with Gasteiger partial charge in [0.25, 0.3) is 0 Å². The van der Waals surface area contributed by atoms with Crippen LogP contribution in [0.3, 0.4) is 0 Å². The Bertz CT molecular complexity index is 718. The number of hydrogen-bond acceptors (Lipinski definition) is 3. The summed E-state index contributed by atoms with van der Waals surface area (Å²) in [6.45, 7) is 2.56. The Labute approximate surface area is 148 Å². The van der Waals surface area contributed by atoms with E-state index in [9.17, 15) is 9.59 Å². The molecule has 1 N–H and O–H groups in total. The predicted octanol–water partition coefficient (Wildman–Crippen LogP) is 3.01. The van der Waals surface area contributed by atoms with Crippen LogP contribution in [0.2, 0.25) is 0 Å². The van der Waals surface area contributed by atoms with Crippen molar-refractivity contribution in [2.45, 2.75) is 38.3 Å². The van der Waals surface area contributed by atoms with Crippen molar-refractivity contribution in [2.75, 3.05) is 6.54 Å². The van der Waals surface area contributed by atoms with Crippen LogP contribution in [0, 0.1) is 0 Å². The Morgan fingerprint density at radius 3 is 2.48 bits per heavy atom. The van der Waals surface area contributed by atoms with Gasteiger partial charge in [0.2, 0.25) is 11.8 Å². The van der Waals surface area contributed by atoms with E-state index in [4.69, 9.17) is 0 Å². The third kappa shape index (κ3) is 4.05. The minimum absolute atomic E-state index is 0.0480. The molecule has 1 aliphatic heterocycles. The maximum Gasteiger partial charge on any atom is 0.247 e. The molecule has 0 spiro atoms. The first kappa shape index (κ1) is 17.1. The van der Waals surface area contributed by atoms with E-state index < -0.39 is 6.04 Å². The quantitative estimate of drug-likeness (QED) is 0.912. The zero-order valence-corrected chi connectivity index (χ0v) is 14.4. The summed E-state index contributed by atoms with van der Waals surface area (Å²) in [5, 5.41) is 3.05. The number of carbonyl (C=O) groups excluding carboxylic acids is 2. The molecule has 1 aliphatic rings. The summed E-state index contributed by atoms with van der Waals surface area (Å²) in [4.78, 5) is 31.2. The van der Waals surface area contributed by atoms with Gasteiger partial charge >= 0.3 is 0 Å². The van der Waals surface area contributed by atoms with Crippen LogP contribution in [0.1, 0.15) is 49.4 Å². The molecule has 130 valence electrons. The average Bonchev–Trinajstić information content (AvgIpc) is 2.65. The molecule has 1 aromatic heterocycles. The van der Waals surface area contributed by atoms with E-state index in [1.165, 1.54) is 0 Å². The Morgan fingerprint density at radius 1 is 1.08 bits per heavy atom. The predicted molar refractivity (Wildman–Crippen MR) is 95.5 cm³/mol. The summed E-state index contributed by atoms with van der Waals surface area (Å²) < 4.78 is 0. The van der Waals surface area contributed by atoms with Crippen molar-refractivity contribution in [1.82, 2.24) is 15.2 Å². The highest BCUT2D eigenvalue weighted by Gasteiger charge is 2.33. The number of amides is 2. The number of pyridine rings is 1. The molecule has 0 unspecified atom stereocenters. The van der Waals surface area contributed by atoms with E-state index in [0.717, 1.165) is 24.0 Å². The zero-order valence-electron chi connectivity index (χ0n) is 14.4. The van der Waals surface area contributed by atoms with Crippen LogP contribution in [0.25, 0.3) is 0 Å². The van der Waals surface area contributed by atoms with E-state index in [-0.39, 0.29) is 17.9 Å². The van der Waals surface area contributed by atoms with Gasteiger partial charge in [0.1, 0.15) is 6.04 Å². The van der Waals surface area contributed by atoms with E-state index in [1.807, 2.05) is 49.4 Å². The van der Waals surface area contributed by atoms with E-state index >= 15 is 0 Å². The molecular formula is C20H23N3O2. The van der Waals surface area contributed by atoms with Crippen molar-refractivity contribution in [3.05, 3.63) is 66.0 Å². The molecule has 1 aromatic carbocycles. The standard InChI is InChI=1S/C20H23N3O2/c1-15(16-10-12-21-13-11-16)22-20(25)19(17-7-3-2-4-8-17)23-14-6-5-9-18(23)24/h2-4,7-8,10-13,15,19H,5-6,9,14H2,1H3,(H,22,25)/t15-,19+/m1/s1. The highest BCUT2D eigenvalue weighted by Crippen LogP contribution is 2.26. The number of benzene rings is 1. The van der Waals surface area contributed by atoms with Gasteiger partial charge in [-0.15, -0.1) is 0 Å². The molecule has 2 aromatic rings. The smallest absolute Gasteiger partial charge is 0.247 e. The molecule has 0 aliphatic carbocycles. The Kier molecular flexibility index (Phi) is 5.43. The molecule has 0 radical (unpaired) electrons. The molecular weight excluding hydrogens is 314 g/mol. The SMILES string of the molecule is C[C@@H](NC(=O)[C@H](c1ccccc1)N1CCCCC1=O)c1ccncc1. The van der Waals surface area contributed by atoms with Gasteiger partial charge in [0, 0.05) is 25.4 Å². The number of carbonyl (C=O) groups is 2. The molecule has 5 nitrogen and oxygen atoms in total. The van der Waals surface area contributed by atoms with Crippen LogP contribution in [0.15, 0.2) is 54.9 Å². The number of piperidine rings is 1. The molecule has 2 heterocycles. The molecule has 0 saturated carbocycles. The monoisotopic (exact) mass is 337 g/mol. The summed E-state index contributed by atoms with van der Waals surface area (Å²) in [6, 6.07) is 12.6. The normalized spacial score (nSPS) is 17.0. The van der Waals surface area contributed by atoms with Crippen LogP contribution in [0.4, 0.5) is 0 Å². The minimum Gasteiger partial charge on any atom is -0.347 e. The van der Waals surface area contributed by atoms with Crippen LogP contribution in [0.5, 0.6) is 0 Å². The Morgan fingerprint density at radius 2 is 1.80 bits per heavy atom. The van der Waals surface area contributed by atoms with Crippen molar-refractivity contribution in [1.29, 1.82) is 0 Å². The first-order valence-corrected chi connectivity index (χ1v) is 8.71. The molecule has 1 fully saturated rings. The van der Waals surface area contributed by atoms with Crippen LogP contribution in [-0.2, 0) is 9.59 Å². The van der Waals surface area contributed by atoms with Crippen LogP contribution < -0.4 is 5.32 Å². The second-order valence-electron chi connectivity index (χ2n) is 6.37. The number of aromatic nitrogens is 1. The summed E-state index contributed by atoms with van der Waals surface area (Å²) >= 11 is 0. The lowest BCUT2D eigenvalue weighted by Crippen LogP contribution is -2.46. The van der Waals surface area contributed by atoms with Gasteiger partial charge < -0.3 is 10.2 Å².